The monoisotopic (exact) mass is 417 g/mol. The van der Waals surface area contributed by atoms with E-state index in [1.807, 2.05) is 6.07 Å². The Labute approximate surface area is 177 Å². The van der Waals surface area contributed by atoms with Crippen LogP contribution in [0.25, 0.3) is 21.7 Å². The minimum absolute atomic E-state index is 0.116. The molecule has 0 aliphatic carbocycles. The average molecular weight is 417 g/mol. The van der Waals surface area contributed by atoms with Gasteiger partial charge in [-0.1, -0.05) is 12.1 Å². The van der Waals surface area contributed by atoms with E-state index in [4.69, 9.17) is 25.7 Å². The molecule has 0 fully saturated rings. The predicted molar refractivity (Wildman–Crippen MR) is 116 cm³/mol. The Bertz CT molecular complexity index is 1350. The highest BCUT2D eigenvalue weighted by atomic mass is 16.5. The Hall–Kier alpha value is -4.33. The van der Waals surface area contributed by atoms with Crippen LogP contribution < -0.4 is 25.7 Å². The first kappa shape index (κ1) is 20.0. The molecule has 31 heavy (non-hydrogen) atoms. The van der Waals surface area contributed by atoms with Gasteiger partial charge in [0.2, 0.25) is 5.91 Å². The van der Waals surface area contributed by atoms with Gasteiger partial charge >= 0.3 is 0 Å². The number of carbonyl (C=O) groups excluding carboxylic acids is 2. The van der Waals surface area contributed by atoms with E-state index >= 15 is 0 Å². The number of methoxy groups -OCH3 is 2. The molecule has 0 saturated heterocycles. The van der Waals surface area contributed by atoms with Gasteiger partial charge in [0.05, 0.1) is 19.7 Å². The maximum Gasteiger partial charge on any atom is 0.254 e. The third kappa shape index (κ3) is 3.55. The average Bonchev–Trinajstić information content (AvgIpc) is 2.77. The van der Waals surface area contributed by atoms with Crippen LogP contribution in [0.2, 0.25) is 0 Å². The highest BCUT2D eigenvalue weighted by Gasteiger charge is 2.19. The molecule has 0 aliphatic heterocycles. The number of rotatable bonds is 6. The van der Waals surface area contributed by atoms with Crippen molar-refractivity contribution >= 4 is 33.5 Å². The van der Waals surface area contributed by atoms with Gasteiger partial charge < -0.3 is 25.7 Å². The Morgan fingerprint density at radius 1 is 0.839 bits per heavy atom. The first-order chi connectivity index (χ1) is 14.9. The first-order valence-electron chi connectivity index (χ1n) is 9.28. The van der Waals surface area contributed by atoms with Crippen LogP contribution in [0.5, 0.6) is 23.0 Å². The third-order valence-electron chi connectivity index (χ3n) is 4.93. The van der Waals surface area contributed by atoms with E-state index in [2.05, 4.69) is 4.98 Å². The summed E-state index contributed by atoms with van der Waals surface area (Å²) in [5, 5.41) is 1.98. The summed E-state index contributed by atoms with van der Waals surface area (Å²) in [6, 6.07) is 13.8. The van der Waals surface area contributed by atoms with Crippen LogP contribution in [0.4, 0.5) is 0 Å². The number of fused-ring (bicyclic) bond motifs is 2. The van der Waals surface area contributed by atoms with Gasteiger partial charge in [-0.15, -0.1) is 0 Å². The summed E-state index contributed by atoms with van der Waals surface area (Å²) in [5.41, 5.74) is 12.1. The molecule has 1 aromatic heterocycles. The zero-order valence-electron chi connectivity index (χ0n) is 16.8. The quantitative estimate of drug-likeness (QED) is 0.495. The van der Waals surface area contributed by atoms with E-state index in [9.17, 15) is 9.59 Å². The number of hydrogen-bond donors (Lipinski definition) is 2. The summed E-state index contributed by atoms with van der Waals surface area (Å²) < 4.78 is 16.8. The summed E-state index contributed by atoms with van der Waals surface area (Å²) >= 11 is 0. The SMILES string of the molecule is COc1cc2ncc(C(N)=O)c(Oc3ccc4c(C(N)=O)cccc4c3)c2cc1OC. The number of hydrogen-bond acceptors (Lipinski definition) is 6. The molecule has 4 rings (SSSR count). The molecule has 0 spiro atoms. The Morgan fingerprint density at radius 3 is 2.23 bits per heavy atom. The van der Waals surface area contributed by atoms with E-state index in [1.165, 1.54) is 20.4 Å². The number of carbonyl (C=O) groups is 2. The predicted octanol–water partition coefficient (Wildman–Crippen LogP) is 3.40. The molecule has 2 amide bonds. The van der Waals surface area contributed by atoms with Crippen LogP contribution in [-0.2, 0) is 0 Å². The standard InChI is InChI=1S/C23H19N3O5/c1-29-19-9-16-18(10-20(19)30-2)26-11-17(23(25)28)21(16)31-13-6-7-14-12(8-13)4-3-5-15(14)22(24)27/h3-11H,1-2H3,(H2,24,27)(H2,25,28). The van der Waals surface area contributed by atoms with Gasteiger partial charge in [-0.05, 0) is 41.1 Å². The number of aromatic nitrogens is 1. The van der Waals surface area contributed by atoms with Crippen LogP contribution in [0.3, 0.4) is 0 Å². The van der Waals surface area contributed by atoms with Crippen molar-refractivity contribution in [3.05, 3.63) is 65.9 Å². The molecule has 0 aliphatic rings. The third-order valence-corrected chi connectivity index (χ3v) is 4.93. The Morgan fingerprint density at radius 2 is 1.55 bits per heavy atom. The molecule has 4 N–H and O–H groups in total. The highest BCUT2D eigenvalue weighted by Crippen LogP contribution is 2.39. The second-order valence-corrected chi connectivity index (χ2v) is 6.74. The van der Waals surface area contributed by atoms with E-state index in [-0.39, 0.29) is 11.3 Å². The number of primary amides is 2. The highest BCUT2D eigenvalue weighted by molar-refractivity contribution is 6.06. The van der Waals surface area contributed by atoms with Gasteiger partial charge in [0.25, 0.3) is 5.91 Å². The molecular formula is C23H19N3O5. The molecule has 8 nitrogen and oxygen atoms in total. The fourth-order valence-corrected chi connectivity index (χ4v) is 3.44. The number of amides is 2. The topological polar surface area (TPSA) is 127 Å². The van der Waals surface area contributed by atoms with Crippen molar-refractivity contribution in [1.29, 1.82) is 0 Å². The zero-order chi connectivity index (χ0) is 22.1. The molecule has 4 aromatic rings. The van der Waals surface area contributed by atoms with Crippen LogP contribution in [0.1, 0.15) is 20.7 Å². The summed E-state index contributed by atoms with van der Waals surface area (Å²) in [6.45, 7) is 0. The minimum Gasteiger partial charge on any atom is -0.493 e. The van der Waals surface area contributed by atoms with E-state index in [0.717, 1.165) is 5.39 Å². The van der Waals surface area contributed by atoms with Crippen molar-refractivity contribution < 1.29 is 23.8 Å². The second-order valence-electron chi connectivity index (χ2n) is 6.74. The van der Waals surface area contributed by atoms with Crippen LogP contribution >= 0.6 is 0 Å². The lowest BCUT2D eigenvalue weighted by atomic mass is 10.0. The van der Waals surface area contributed by atoms with Gasteiger partial charge in [0, 0.05) is 23.2 Å². The van der Waals surface area contributed by atoms with Crippen molar-refractivity contribution in [2.45, 2.75) is 0 Å². The molecular weight excluding hydrogens is 398 g/mol. The van der Waals surface area contributed by atoms with E-state index in [0.29, 0.717) is 39.1 Å². The van der Waals surface area contributed by atoms with Gasteiger partial charge in [0.1, 0.15) is 11.3 Å². The lowest BCUT2D eigenvalue weighted by Crippen LogP contribution is -2.13. The molecule has 0 radical (unpaired) electrons. The van der Waals surface area contributed by atoms with Crippen molar-refractivity contribution in [1.82, 2.24) is 4.98 Å². The fraction of sp³-hybridized carbons (Fsp3) is 0.0870. The van der Waals surface area contributed by atoms with Gasteiger partial charge in [-0.3, -0.25) is 14.6 Å². The van der Waals surface area contributed by atoms with E-state index < -0.39 is 11.8 Å². The van der Waals surface area contributed by atoms with Crippen molar-refractivity contribution in [2.75, 3.05) is 14.2 Å². The number of benzene rings is 3. The summed E-state index contributed by atoms with van der Waals surface area (Å²) in [6.07, 6.45) is 1.36. The number of nitrogens with two attached hydrogens (primary N) is 2. The molecule has 0 saturated carbocycles. The van der Waals surface area contributed by atoms with Gasteiger partial charge in [-0.25, -0.2) is 0 Å². The first-order valence-corrected chi connectivity index (χ1v) is 9.28. The molecule has 0 unspecified atom stereocenters. The molecule has 0 bridgehead atoms. The normalized spacial score (nSPS) is 10.8. The summed E-state index contributed by atoms with van der Waals surface area (Å²) in [5.74, 6) is 0.424. The maximum atomic E-state index is 12.1. The van der Waals surface area contributed by atoms with Crippen LogP contribution in [0.15, 0.2) is 54.7 Å². The lowest BCUT2D eigenvalue weighted by Gasteiger charge is -2.15. The Kier molecular flexibility index (Phi) is 5.04. The molecule has 3 aromatic carbocycles. The van der Waals surface area contributed by atoms with E-state index in [1.54, 1.807) is 42.5 Å². The number of nitrogens with zero attached hydrogens (tertiary/aromatic N) is 1. The lowest BCUT2D eigenvalue weighted by molar-refractivity contribution is 0.0991. The Balaban J connectivity index is 1.89. The summed E-state index contributed by atoms with van der Waals surface area (Å²) in [4.78, 5) is 28.0. The zero-order valence-corrected chi connectivity index (χ0v) is 16.8. The van der Waals surface area contributed by atoms with Crippen molar-refractivity contribution in [2.24, 2.45) is 11.5 Å². The van der Waals surface area contributed by atoms with Crippen molar-refractivity contribution in [3.8, 4) is 23.0 Å². The molecule has 156 valence electrons. The van der Waals surface area contributed by atoms with Gasteiger partial charge in [-0.2, -0.15) is 0 Å². The number of pyridine rings is 1. The van der Waals surface area contributed by atoms with Gasteiger partial charge in [0.15, 0.2) is 17.2 Å². The summed E-state index contributed by atoms with van der Waals surface area (Å²) in [7, 11) is 3.03. The largest absolute Gasteiger partial charge is 0.493 e. The second kappa shape index (κ2) is 7.83. The molecule has 1 heterocycles. The maximum absolute atomic E-state index is 12.1. The number of ether oxygens (including phenoxy) is 3. The molecule has 0 atom stereocenters. The smallest absolute Gasteiger partial charge is 0.254 e. The molecule has 8 heteroatoms. The van der Waals surface area contributed by atoms with Crippen LogP contribution in [0, 0.1) is 0 Å². The van der Waals surface area contributed by atoms with Crippen LogP contribution in [-0.4, -0.2) is 31.0 Å². The fourth-order valence-electron chi connectivity index (χ4n) is 3.44. The van der Waals surface area contributed by atoms with Crippen molar-refractivity contribution in [3.63, 3.8) is 0 Å². The minimum atomic E-state index is -0.684.